The summed E-state index contributed by atoms with van der Waals surface area (Å²) in [6.07, 6.45) is 0. The maximum absolute atomic E-state index is 13.7. The second kappa shape index (κ2) is 5.25. The Kier molecular flexibility index (Phi) is 3.88. The fraction of sp³-hybridized carbons (Fsp3) is 0.143. The van der Waals surface area contributed by atoms with Crippen LogP contribution in [0.1, 0.15) is 22.1 Å². The van der Waals surface area contributed by atoms with Gasteiger partial charge in [-0.2, -0.15) is 0 Å². The van der Waals surface area contributed by atoms with Crippen LogP contribution in [0.5, 0.6) is 0 Å². The van der Waals surface area contributed by atoms with E-state index < -0.39 is 11.2 Å². The summed E-state index contributed by atoms with van der Waals surface area (Å²) in [5.41, 5.74) is 1.40. The quantitative estimate of drug-likeness (QED) is 0.661. The van der Waals surface area contributed by atoms with Crippen molar-refractivity contribution in [2.45, 2.75) is 12.3 Å². The topological polar surface area (TPSA) is 0 Å². The maximum Gasteiger partial charge on any atom is 0.128 e. The first-order valence-electron chi connectivity index (χ1n) is 5.34. The molecule has 0 saturated heterocycles. The van der Waals surface area contributed by atoms with Crippen LogP contribution in [0.15, 0.2) is 36.4 Å². The van der Waals surface area contributed by atoms with Crippen LogP contribution in [0.4, 0.5) is 8.78 Å². The highest BCUT2D eigenvalue weighted by Gasteiger charge is 2.16. The standard InChI is InChI=1S/C14H10Cl2F2/c1-8-6-9(2-4-12(8)17)14(16)11-7-10(15)3-5-13(11)18/h2-7,14H,1H3. The van der Waals surface area contributed by atoms with E-state index in [1.54, 1.807) is 19.1 Å². The summed E-state index contributed by atoms with van der Waals surface area (Å²) in [6.45, 7) is 1.64. The molecule has 0 spiro atoms. The summed E-state index contributed by atoms with van der Waals surface area (Å²) in [5.74, 6) is -0.740. The van der Waals surface area contributed by atoms with E-state index in [0.29, 0.717) is 16.1 Å². The minimum atomic E-state index is -0.692. The van der Waals surface area contributed by atoms with E-state index in [-0.39, 0.29) is 11.4 Å². The largest absolute Gasteiger partial charge is 0.207 e. The molecule has 2 aromatic rings. The highest BCUT2D eigenvalue weighted by Crippen LogP contribution is 2.32. The Morgan fingerprint density at radius 1 is 1.00 bits per heavy atom. The molecule has 0 aromatic heterocycles. The van der Waals surface area contributed by atoms with Crippen LogP contribution in [-0.4, -0.2) is 0 Å². The summed E-state index contributed by atoms with van der Waals surface area (Å²) in [7, 11) is 0. The number of benzene rings is 2. The predicted octanol–water partition coefficient (Wildman–Crippen LogP) is 5.25. The van der Waals surface area contributed by atoms with Gasteiger partial charge in [0, 0.05) is 10.6 Å². The van der Waals surface area contributed by atoms with Gasteiger partial charge in [-0.1, -0.05) is 23.7 Å². The van der Waals surface area contributed by atoms with Crippen LogP contribution in [0.25, 0.3) is 0 Å². The van der Waals surface area contributed by atoms with E-state index >= 15 is 0 Å². The second-order valence-corrected chi connectivity index (χ2v) is 4.91. The lowest BCUT2D eigenvalue weighted by atomic mass is 10.0. The Bertz CT molecular complexity index is 582. The molecule has 0 radical (unpaired) electrons. The van der Waals surface area contributed by atoms with Crippen molar-refractivity contribution in [2.24, 2.45) is 0 Å². The molecule has 0 N–H and O–H groups in total. The molecule has 0 saturated carbocycles. The van der Waals surface area contributed by atoms with Crippen LogP contribution in [0, 0.1) is 18.6 Å². The normalized spacial score (nSPS) is 12.5. The Morgan fingerprint density at radius 3 is 2.33 bits per heavy atom. The highest BCUT2D eigenvalue weighted by molar-refractivity contribution is 6.30. The summed E-state index contributed by atoms with van der Waals surface area (Å²) in [6, 6.07) is 8.67. The van der Waals surface area contributed by atoms with E-state index in [0.717, 1.165) is 0 Å². The lowest BCUT2D eigenvalue weighted by Crippen LogP contribution is -1.98. The molecule has 94 valence electrons. The molecular formula is C14H10Cl2F2. The van der Waals surface area contributed by atoms with E-state index in [1.165, 1.54) is 24.3 Å². The molecule has 0 amide bonds. The van der Waals surface area contributed by atoms with Gasteiger partial charge >= 0.3 is 0 Å². The van der Waals surface area contributed by atoms with Gasteiger partial charge < -0.3 is 0 Å². The fourth-order valence-corrected chi connectivity index (χ4v) is 2.20. The third kappa shape index (κ3) is 2.65. The molecule has 0 nitrogen and oxygen atoms in total. The number of alkyl halides is 1. The van der Waals surface area contributed by atoms with Gasteiger partial charge in [-0.15, -0.1) is 11.6 Å². The van der Waals surface area contributed by atoms with E-state index in [1.807, 2.05) is 0 Å². The monoisotopic (exact) mass is 286 g/mol. The maximum atomic E-state index is 13.7. The number of hydrogen-bond donors (Lipinski definition) is 0. The van der Waals surface area contributed by atoms with Crippen molar-refractivity contribution in [1.29, 1.82) is 0 Å². The molecular weight excluding hydrogens is 277 g/mol. The van der Waals surface area contributed by atoms with Gasteiger partial charge in [-0.05, 0) is 42.3 Å². The zero-order valence-electron chi connectivity index (χ0n) is 9.55. The van der Waals surface area contributed by atoms with Crippen LogP contribution < -0.4 is 0 Å². The predicted molar refractivity (Wildman–Crippen MR) is 70.2 cm³/mol. The van der Waals surface area contributed by atoms with Crippen molar-refractivity contribution in [3.8, 4) is 0 Å². The van der Waals surface area contributed by atoms with E-state index in [9.17, 15) is 8.78 Å². The Labute approximate surface area is 114 Å². The van der Waals surface area contributed by atoms with Crippen molar-refractivity contribution >= 4 is 23.2 Å². The Hall–Kier alpha value is -1.12. The number of rotatable bonds is 2. The van der Waals surface area contributed by atoms with Gasteiger partial charge in [0.1, 0.15) is 11.6 Å². The van der Waals surface area contributed by atoms with Crippen molar-refractivity contribution in [3.63, 3.8) is 0 Å². The third-order valence-corrected chi connectivity index (χ3v) is 3.43. The van der Waals surface area contributed by atoms with E-state index in [4.69, 9.17) is 23.2 Å². The zero-order valence-corrected chi connectivity index (χ0v) is 11.1. The Morgan fingerprint density at radius 2 is 1.67 bits per heavy atom. The fourth-order valence-electron chi connectivity index (χ4n) is 1.71. The number of aryl methyl sites for hydroxylation is 1. The van der Waals surface area contributed by atoms with Crippen LogP contribution >= 0.6 is 23.2 Å². The molecule has 4 heteroatoms. The van der Waals surface area contributed by atoms with Crippen molar-refractivity contribution < 1.29 is 8.78 Å². The third-order valence-electron chi connectivity index (χ3n) is 2.71. The van der Waals surface area contributed by atoms with Gasteiger partial charge in [0.05, 0.1) is 5.38 Å². The highest BCUT2D eigenvalue weighted by atomic mass is 35.5. The minimum absolute atomic E-state index is 0.287. The van der Waals surface area contributed by atoms with Crippen molar-refractivity contribution in [1.82, 2.24) is 0 Å². The number of halogens is 4. The molecule has 1 unspecified atom stereocenters. The van der Waals surface area contributed by atoms with Crippen LogP contribution in [0.2, 0.25) is 5.02 Å². The zero-order chi connectivity index (χ0) is 13.3. The molecule has 2 rings (SSSR count). The molecule has 0 fully saturated rings. The smallest absolute Gasteiger partial charge is 0.128 e. The molecule has 0 aliphatic carbocycles. The van der Waals surface area contributed by atoms with Gasteiger partial charge in [0.2, 0.25) is 0 Å². The van der Waals surface area contributed by atoms with Crippen molar-refractivity contribution in [2.75, 3.05) is 0 Å². The summed E-state index contributed by atoms with van der Waals surface area (Å²) in [4.78, 5) is 0. The molecule has 0 aliphatic rings. The lowest BCUT2D eigenvalue weighted by molar-refractivity contribution is 0.610. The van der Waals surface area contributed by atoms with Gasteiger partial charge in [-0.3, -0.25) is 0 Å². The minimum Gasteiger partial charge on any atom is -0.207 e. The lowest BCUT2D eigenvalue weighted by Gasteiger charge is -2.12. The van der Waals surface area contributed by atoms with Gasteiger partial charge in [0.25, 0.3) is 0 Å². The molecule has 18 heavy (non-hydrogen) atoms. The number of hydrogen-bond acceptors (Lipinski definition) is 0. The second-order valence-electron chi connectivity index (χ2n) is 4.04. The average Bonchev–Trinajstić information content (AvgIpc) is 2.35. The first kappa shape index (κ1) is 13.3. The summed E-state index contributed by atoms with van der Waals surface area (Å²) >= 11 is 12.0. The average molecular weight is 287 g/mol. The SMILES string of the molecule is Cc1cc(C(Cl)c2cc(Cl)ccc2F)ccc1F. The van der Waals surface area contributed by atoms with Gasteiger partial charge in [0.15, 0.2) is 0 Å². The molecule has 0 aliphatic heterocycles. The molecule has 0 bridgehead atoms. The van der Waals surface area contributed by atoms with Crippen LogP contribution in [0.3, 0.4) is 0 Å². The Balaban J connectivity index is 2.44. The molecule has 1 atom stereocenters. The summed E-state index contributed by atoms with van der Waals surface area (Å²) < 4.78 is 26.8. The first-order valence-corrected chi connectivity index (χ1v) is 6.15. The van der Waals surface area contributed by atoms with Crippen molar-refractivity contribution in [3.05, 3.63) is 69.7 Å². The van der Waals surface area contributed by atoms with E-state index in [2.05, 4.69) is 0 Å². The first-order chi connectivity index (χ1) is 8.49. The molecule has 0 heterocycles. The van der Waals surface area contributed by atoms with Gasteiger partial charge in [-0.25, -0.2) is 8.78 Å². The molecule has 2 aromatic carbocycles. The summed E-state index contributed by atoms with van der Waals surface area (Å²) in [5, 5.41) is -0.279. The van der Waals surface area contributed by atoms with Crippen LogP contribution in [-0.2, 0) is 0 Å².